The maximum absolute atomic E-state index is 14.3. The Morgan fingerprint density at radius 2 is 1.43 bits per heavy atom. The van der Waals surface area contributed by atoms with Crippen LogP contribution in [0.25, 0.3) is 0 Å². The summed E-state index contributed by atoms with van der Waals surface area (Å²) in [7, 11) is -9.18. The number of nitrogens with zero attached hydrogens (tertiary/aromatic N) is 1. The minimum absolute atomic E-state index is 0.148. The van der Waals surface area contributed by atoms with Crippen LogP contribution in [0, 0.1) is 6.92 Å². The topological polar surface area (TPSA) is 101 Å². The lowest BCUT2D eigenvalue weighted by atomic mass is 10.2. The van der Waals surface area contributed by atoms with Crippen LogP contribution in [0.1, 0.15) is 15.9 Å². The fraction of sp³-hybridized carbons (Fsp3) is 0.0714. The van der Waals surface area contributed by atoms with Crippen molar-refractivity contribution in [3.63, 3.8) is 0 Å². The van der Waals surface area contributed by atoms with E-state index in [4.69, 9.17) is 5.11 Å². The Bertz CT molecular complexity index is 957. The average molecular weight is 357 g/mol. The van der Waals surface area contributed by atoms with E-state index in [1.165, 1.54) is 24.3 Å². The molecule has 23 heavy (non-hydrogen) atoms. The molecule has 2 aromatic carbocycles. The van der Waals surface area contributed by atoms with Gasteiger partial charge in [0.25, 0.3) is 10.0 Å². The molecule has 122 valence electrons. The summed E-state index contributed by atoms with van der Waals surface area (Å²) in [6, 6.07) is 9.37. The molecule has 1 N–H and O–H groups in total. The summed E-state index contributed by atoms with van der Waals surface area (Å²) in [5, 5.41) is 8.75. The van der Waals surface area contributed by atoms with Crippen LogP contribution < -0.4 is 0 Å². The van der Waals surface area contributed by atoms with Crippen molar-refractivity contribution in [1.29, 1.82) is 0 Å². The van der Waals surface area contributed by atoms with Crippen molar-refractivity contribution in [3.05, 3.63) is 59.7 Å². The Morgan fingerprint density at radius 3 is 1.91 bits per heavy atom. The standard InChI is InChI=1S/C14H12FNO5S2/c1-10-2-6-13(7-3-10)23(20,21)16-22(15,19)12-8-4-11(5-9-12)14(17)18/h2-9H,1H3,(H,17,18). The minimum Gasteiger partial charge on any atom is -0.478 e. The number of sulfonamides is 1. The van der Waals surface area contributed by atoms with E-state index >= 15 is 0 Å². The van der Waals surface area contributed by atoms with Crippen molar-refractivity contribution in [3.8, 4) is 0 Å². The number of aromatic carboxylic acids is 1. The van der Waals surface area contributed by atoms with Crippen molar-refractivity contribution in [1.82, 2.24) is 0 Å². The van der Waals surface area contributed by atoms with Crippen molar-refractivity contribution >= 4 is 26.1 Å². The van der Waals surface area contributed by atoms with E-state index in [9.17, 15) is 21.3 Å². The van der Waals surface area contributed by atoms with Gasteiger partial charge < -0.3 is 5.11 Å². The average Bonchev–Trinajstić information content (AvgIpc) is 2.46. The molecule has 2 rings (SSSR count). The first-order valence-corrected chi connectivity index (χ1v) is 9.10. The van der Waals surface area contributed by atoms with Gasteiger partial charge in [-0.25, -0.2) is 9.00 Å². The highest BCUT2D eigenvalue weighted by Gasteiger charge is 2.20. The molecule has 0 aliphatic carbocycles. The highest BCUT2D eigenvalue weighted by atomic mass is 32.3. The van der Waals surface area contributed by atoms with Gasteiger partial charge in [0.2, 0.25) is 10.1 Å². The SMILES string of the molecule is Cc1ccc(S(=O)(=O)N=S(=O)(F)c2ccc(C(=O)O)cc2)cc1. The fourth-order valence-electron chi connectivity index (χ4n) is 1.69. The first kappa shape index (κ1) is 17.1. The van der Waals surface area contributed by atoms with Crippen LogP contribution in [0.2, 0.25) is 0 Å². The molecule has 0 amide bonds. The Morgan fingerprint density at radius 1 is 0.957 bits per heavy atom. The lowest BCUT2D eigenvalue weighted by Crippen LogP contribution is -2.03. The number of halogens is 1. The Labute approximate surface area is 133 Å². The second-order valence-electron chi connectivity index (χ2n) is 4.65. The summed E-state index contributed by atoms with van der Waals surface area (Å²) in [5.41, 5.74) is 0.652. The van der Waals surface area contributed by atoms with Crippen LogP contribution >= 0.6 is 0 Å². The molecule has 2 aromatic rings. The van der Waals surface area contributed by atoms with Gasteiger partial charge in [0, 0.05) is 0 Å². The second-order valence-corrected chi connectivity index (χ2v) is 8.06. The van der Waals surface area contributed by atoms with Gasteiger partial charge in [-0.2, -0.15) is 8.42 Å². The van der Waals surface area contributed by atoms with Gasteiger partial charge in [0.15, 0.2) is 0 Å². The number of hydrogen-bond acceptors (Lipinski definition) is 4. The lowest BCUT2D eigenvalue weighted by Gasteiger charge is -2.03. The van der Waals surface area contributed by atoms with Crippen LogP contribution in [0.3, 0.4) is 0 Å². The number of carboxylic acids is 1. The Balaban J connectivity index is 2.48. The summed E-state index contributed by atoms with van der Waals surface area (Å²) in [4.78, 5) is 9.92. The molecule has 1 atom stereocenters. The molecule has 0 spiro atoms. The van der Waals surface area contributed by atoms with Gasteiger partial charge in [0.05, 0.1) is 15.4 Å². The van der Waals surface area contributed by atoms with Crippen LogP contribution in [0.5, 0.6) is 0 Å². The van der Waals surface area contributed by atoms with Crippen LogP contribution in [0.15, 0.2) is 62.1 Å². The normalized spacial score (nSPS) is 14.0. The quantitative estimate of drug-likeness (QED) is 0.848. The largest absolute Gasteiger partial charge is 0.478 e. The summed E-state index contributed by atoms with van der Waals surface area (Å²) in [6.45, 7) is 1.75. The molecule has 0 aliphatic heterocycles. The Hall–Kier alpha value is -2.26. The molecule has 0 bridgehead atoms. The van der Waals surface area contributed by atoms with Crippen molar-refractivity contribution in [2.24, 2.45) is 3.77 Å². The van der Waals surface area contributed by atoms with E-state index in [0.29, 0.717) is 0 Å². The third-order valence-corrected chi connectivity index (χ3v) is 6.18. The number of hydrogen-bond donors (Lipinski definition) is 1. The van der Waals surface area contributed by atoms with E-state index in [-0.39, 0.29) is 10.5 Å². The van der Waals surface area contributed by atoms with Crippen molar-refractivity contribution in [2.45, 2.75) is 16.7 Å². The van der Waals surface area contributed by atoms with E-state index in [0.717, 1.165) is 29.8 Å². The van der Waals surface area contributed by atoms with Gasteiger partial charge in [-0.1, -0.05) is 21.5 Å². The summed E-state index contributed by atoms with van der Waals surface area (Å²) in [5.74, 6) is -1.24. The molecular formula is C14H12FNO5S2. The monoisotopic (exact) mass is 357 g/mol. The van der Waals surface area contributed by atoms with Crippen LogP contribution in [0.4, 0.5) is 3.89 Å². The smallest absolute Gasteiger partial charge is 0.335 e. The molecule has 0 saturated heterocycles. The van der Waals surface area contributed by atoms with E-state index in [1.807, 2.05) is 0 Å². The maximum atomic E-state index is 14.3. The van der Waals surface area contributed by atoms with Gasteiger partial charge in [-0.15, -0.1) is 3.89 Å². The van der Waals surface area contributed by atoms with Crippen molar-refractivity contribution in [2.75, 3.05) is 0 Å². The van der Waals surface area contributed by atoms with Gasteiger partial charge >= 0.3 is 5.97 Å². The van der Waals surface area contributed by atoms with Gasteiger partial charge in [0.1, 0.15) is 0 Å². The predicted molar refractivity (Wildman–Crippen MR) is 81.7 cm³/mol. The fourth-order valence-corrected chi connectivity index (χ4v) is 4.34. The van der Waals surface area contributed by atoms with Crippen LogP contribution in [-0.4, -0.2) is 23.7 Å². The van der Waals surface area contributed by atoms with Crippen LogP contribution in [-0.2, 0) is 20.1 Å². The minimum atomic E-state index is -4.72. The Kier molecular flexibility index (Phi) is 4.53. The lowest BCUT2D eigenvalue weighted by molar-refractivity contribution is 0.0696. The predicted octanol–water partition coefficient (Wildman–Crippen LogP) is 2.79. The van der Waals surface area contributed by atoms with Gasteiger partial charge in [-0.3, -0.25) is 0 Å². The molecule has 6 nitrogen and oxygen atoms in total. The van der Waals surface area contributed by atoms with Crippen molar-refractivity contribution < 1.29 is 26.4 Å². The molecule has 1 unspecified atom stereocenters. The van der Waals surface area contributed by atoms with Gasteiger partial charge in [-0.05, 0) is 43.3 Å². The highest BCUT2D eigenvalue weighted by Crippen LogP contribution is 2.21. The molecule has 9 heteroatoms. The summed E-state index contributed by atoms with van der Waals surface area (Å²) in [6.07, 6.45) is 0. The third kappa shape index (κ3) is 3.93. The molecule has 0 fully saturated rings. The van der Waals surface area contributed by atoms with E-state index < -0.39 is 31.0 Å². The number of aryl methyl sites for hydroxylation is 1. The number of carbonyl (C=O) groups is 1. The van der Waals surface area contributed by atoms with E-state index in [2.05, 4.69) is 3.77 Å². The zero-order valence-corrected chi connectivity index (χ0v) is 13.5. The molecule has 0 heterocycles. The molecule has 0 saturated carbocycles. The summed E-state index contributed by atoms with van der Waals surface area (Å²) < 4.78 is 53.1. The third-order valence-electron chi connectivity index (χ3n) is 2.90. The summed E-state index contributed by atoms with van der Waals surface area (Å²) >= 11 is 0. The molecule has 0 radical (unpaired) electrons. The molecule has 0 aliphatic rings. The second kappa shape index (κ2) is 6.09. The number of benzene rings is 2. The zero-order valence-electron chi connectivity index (χ0n) is 11.8. The first-order valence-electron chi connectivity index (χ1n) is 6.25. The van der Waals surface area contributed by atoms with E-state index in [1.54, 1.807) is 6.92 Å². The molecule has 0 aromatic heterocycles. The number of rotatable bonds is 4. The maximum Gasteiger partial charge on any atom is 0.335 e. The zero-order chi connectivity index (χ0) is 17.3. The first-order chi connectivity index (χ1) is 10.6. The molecular weight excluding hydrogens is 345 g/mol. The number of carboxylic acid groups (broad SMARTS) is 1. The highest BCUT2D eigenvalue weighted by molar-refractivity contribution is 8.00.